The number of carboxylic acids is 1. The minimum absolute atomic E-state index is 0.120. The van der Waals surface area contributed by atoms with Crippen molar-refractivity contribution in [2.24, 2.45) is 28.3 Å². The molecule has 5 rings (SSSR count). The summed E-state index contributed by atoms with van der Waals surface area (Å²) < 4.78 is 0. The number of nitrogens with two attached hydrogens (primary N) is 2. The van der Waals surface area contributed by atoms with Crippen LogP contribution in [0, 0.1) is 11.8 Å². The molecule has 1 aliphatic heterocycles. The first-order chi connectivity index (χ1) is 26.1. The minimum Gasteiger partial charge on any atom is -0.478 e. The normalized spacial score (nSPS) is 21.8. The van der Waals surface area contributed by atoms with Gasteiger partial charge in [0.15, 0.2) is 12.2 Å². The third kappa shape index (κ3) is 11.2. The number of rotatable bonds is 21. The number of anilines is 1. The van der Waals surface area contributed by atoms with Crippen molar-refractivity contribution in [2.45, 2.75) is 113 Å². The Bertz CT molecular complexity index is 1760. The van der Waals surface area contributed by atoms with Gasteiger partial charge in [-0.25, -0.2) is 9.79 Å². The molecule has 1 aliphatic carbocycles. The van der Waals surface area contributed by atoms with Crippen molar-refractivity contribution in [1.29, 1.82) is 0 Å². The maximum absolute atomic E-state index is 12.4. The quantitative estimate of drug-likeness (QED) is 0.0434. The number of aromatic amines is 1. The maximum atomic E-state index is 12.4. The van der Waals surface area contributed by atoms with Crippen LogP contribution in [0.3, 0.4) is 0 Å². The van der Waals surface area contributed by atoms with Crippen molar-refractivity contribution < 1.29 is 34.8 Å². The number of guanidine groups is 1. The molecule has 13 nitrogen and oxygen atoms in total. The van der Waals surface area contributed by atoms with Gasteiger partial charge < -0.3 is 57.1 Å². The zero-order chi connectivity index (χ0) is 38.6. The fraction of sp³-hybridized carbons (Fsp3) is 0.512. The standard InChI is InChI=1S/C41H56N6O7/c42-31(12-7-26(23-49)8-13-39(51)52)3-1-4-33-29(11-10-28-18-27-9-6-25(14-16-48)17-30(27)19-34(28)33)20-36(46-38-5-2-15-44-38)35(22-40(53)54)37-21-32(24-50)45-41(43)47-37/h2,5-6,9,15-19,22-23,26,29,31-33,36-37,39,44,46,50-52H,1,3-4,7-8,10-14,20-21,24,42H2,(H,53,54)(H3,43,45,47). The zero-order valence-corrected chi connectivity index (χ0v) is 30.8. The van der Waals surface area contributed by atoms with Crippen LogP contribution in [0.15, 0.2) is 65.3 Å². The van der Waals surface area contributed by atoms with Gasteiger partial charge in [0.25, 0.3) is 0 Å². The Kier molecular flexibility index (Phi) is 14.8. The molecule has 0 radical (unpaired) electrons. The number of aldehydes is 2. The Morgan fingerprint density at radius 3 is 2.57 bits per heavy atom. The summed E-state index contributed by atoms with van der Waals surface area (Å²) >= 11 is 0. The molecule has 54 heavy (non-hydrogen) atoms. The number of aliphatic imine (C=N–C) groups is 1. The number of carbonyl (C=O) groups is 3. The van der Waals surface area contributed by atoms with Gasteiger partial charge >= 0.3 is 5.97 Å². The molecule has 1 aromatic heterocycles. The number of fused-ring (bicyclic) bond motifs is 2. The predicted octanol–water partition coefficient (Wildman–Crippen LogP) is 3.66. The third-order valence-corrected chi connectivity index (χ3v) is 11.1. The van der Waals surface area contributed by atoms with Crippen molar-refractivity contribution in [3.05, 3.63) is 77.0 Å². The number of H-pyrrole nitrogens is 1. The fourth-order valence-electron chi connectivity index (χ4n) is 8.37. The van der Waals surface area contributed by atoms with Crippen LogP contribution in [-0.4, -0.2) is 87.0 Å². The van der Waals surface area contributed by atoms with E-state index in [1.54, 1.807) is 0 Å². The number of benzene rings is 2. The molecule has 2 aromatic carbocycles. The average molecular weight is 745 g/mol. The van der Waals surface area contributed by atoms with E-state index in [0.717, 1.165) is 66.8 Å². The number of aliphatic carboxylic acids is 1. The second-order valence-corrected chi connectivity index (χ2v) is 15.0. The van der Waals surface area contributed by atoms with Crippen molar-refractivity contribution in [1.82, 2.24) is 10.3 Å². The van der Waals surface area contributed by atoms with E-state index in [0.29, 0.717) is 44.1 Å². The predicted molar refractivity (Wildman–Crippen MR) is 209 cm³/mol. The van der Waals surface area contributed by atoms with Gasteiger partial charge in [-0.15, -0.1) is 0 Å². The highest BCUT2D eigenvalue weighted by atomic mass is 16.5. The van der Waals surface area contributed by atoms with E-state index in [9.17, 15) is 34.8 Å². The number of aromatic nitrogens is 1. The van der Waals surface area contributed by atoms with Gasteiger partial charge in [-0.2, -0.15) is 0 Å². The number of aliphatic hydroxyl groups is 3. The lowest BCUT2D eigenvalue weighted by Gasteiger charge is -2.39. The molecule has 7 unspecified atom stereocenters. The number of hydrogen-bond acceptors (Lipinski definition) is 11. The lowest BCUT2D eigenvalue weighted by Crippen LogP contribution is -2.49. The summed E-state index contributed by atoms with van der Waals surface area (Å²) in [6.45, 7) is -0.171. The van der Waals surface area contributed by atoms with Gasteiger partial charge in [0, 0.05) is 30.7 Å². The Labute approximate surface area is 316 Å². The Morgan fingerprint density at radius 1 is 1.06 bits per heavy atom. The van der Waals surface area contributed by atoms with E-state index in [-0.39, 0.29) is 48.8 Å². The molecule has 13 heteroatoms. The zero-order valence-electron chi connectivity index (χ0n) is 30.8. The molecule has 2 aliphatic rings. The Morgan fingerprint density at radius 2 is 1.87 bits per heavy atom. The molecule has 7 atom stereocenters. The first-order valence-corrected chi connectivity index (χ1v) is 19.2. The van der Waals surface area contributed by atoms with Gasteiger partial charge in [0.1, 0.15) is 18.4 Å². The average Bonchev–Trinajstić information content (AvgIpc) is 3.66. The molecule has 292 valence electrons. The number of nitrogens with zero attached hydrogens (tertiary/aromatic N) is 1. The number of aryl methyl sites for hydroxylation is 1. The van der Waals surface area contributed by atoms with E-state index in [1.165, 1.54) is 17.2 Å². The van der Waals surface area contributed by atoms with E-state index in [4.69, 9.17) is 11.5 Å². The number of carboxylic acid groups (broad SMARTS) is 1. The van der Waals surface area contributed by atoms with Crippen molar-refractivity contribution in [2.75, 3.05) is 11.9 Å². The first kappa shape index (κ1) is 40.6. The fourth-order valence-corrected chi connectivity index (χ4v) is 8.37. The first-order valence-electron chi connectivity index (χ1n) is 19.2. The highest BCUT2D eigenvalue weighted by molar-refractivity contribution is 5.86. The smallest absolute Gasteiger partial charge is 0.328 e. The maximum Gasteiger partial charge on any atom is 0.328 e. The number of carbonyl (C=O) groups excluding carboxylic acids is 2. The van der Waals surface area contributed by atoms with Crippen LogP contribution in [-0.2, 0) is 27.2 Å². The molecule has 0 fully saturated rings. The van der Waals surface area contributed by atoms with Gasteiger partial charge in [-0.3, -0.25) is 0 Å². The highest BCUT2D eigenvalue weighted by Crippen LogP contribution is 2.44. The topological polar surface area (TPSA) is 236 Å². The SMILES string of the molecule is NC1=NC(C(=CC(=O)O)C(CC2CCc3cc4ccc(CC=O)cc4cc3C2CCCC(N)CCC(C=O)CCC(O)O)Nc2ccc[nH]2)CC(CO)N1. The van der Waals surface area contributed by atoms with E-state index >= 15 is 0 Å². The summed E-state index contributed by atoms with van der Waals surface area (Å²) in [5.74, 6) is -0.177. The molecule has 2 heterocycles. The van der Waals surface area contributed by atoms with Gasteiger partial charge in [0.2, 0.25) is 0 Å². The van der Waals surface area contributed by atoms with Gasteiger partial charge in [-0.05, 0) is 121 Å². The number of hydrogen-bond donors (Lipinski definition) is 9. The molecule has 3 aromatic rings. The number of nitrogens with one attached hydrogen (secondary N) is 3. The molecule has 0 spiro atoms. The molecular weight excluding hydrogens is 688 g/mol. The van der Waals surface area contributed by atoms with Crippen molar-refractivity contribution in [3.8, 4) is 0 Å². The summed E-state index contributed by atoms with van der Waals surface area (Å²) in [7, 11) is 0. The molecule has 0 amide bonds. The molecule has 0 saturated heterocycles. The molecule has 0 saturated carbocycles. The van der Waals surface area contributed by atoms with Crippen LogP contribution < -0.4 is 22.1 Å². The van der Waals surface area contributed by atoms with Crippen LogP contribution in [0.25, 0.3) is 10.8 Å². The van der Waals surface area contributed by atoms with Crippen LogP contribution >= 0.6 is 0 Å². The minimum atomic E-state index is -1.43. The summed E-state index contributed by atoms with van der Waals surface area (Å²) in [5, 5.41) is 47.3. The second kappa shape index (κ2) is 19.7. The summed E-state index contributed by atoms with van der Waals surface area (Å²) in [4.78, 5) is 43.1. The highest BCUT2D eigenvalue weighted by Gasteiger charge is 2.36. The monoisotopic (exact) mass is 744 g/mol. The van der Waals surface area contributed by atoms with E-state index < -0.39 is 24.3 Å². The Hall–Kier alpha value is -4.56. The van der Waals surface area contributed by atoms with Crippen LogP contribution in [0.5, 0.6) is 0 Å². The van der Waals surface area contributed by atoms with Crippen molar-refractivity contribution >= 4 is 41.1 Å². The summed E-state index contributed by atoms with van der Waals surface area (Å²) in [5.41, 5.74) is 16.8. The third-order valence-electron chi connectivity index (χ3n) is 11.1. The van der Waals surface area contributed by atoms with Crippen LogP contribution in [0.1, 0.15) is 86.8 Å². The molecular formula is C41H56N6O7. The van der Waals surface area contributed by atoms with Crippen LogP contribution in [0.4, 0.5) is 5.82 Å². The van der Waals surface area contributed by atoms with Crippen LogP contribution in [0.2, 0.25) is 0 Å². The lowest BCUT2D eigenvalue weighted by molar-refractivity contribution is -0.131. The van der Waals surface area contributed by atoms with E-state index in [2.05, 4.69) is 44.9 Å². The molecule has 0 bridgehead atoms. The second-order valence-electron chi connectivity index (χ2n) is 15.0. The van der Waals surface area contributed by atoms with E-state index in [1.807, 2.05) is 24.4 Å². The summed E-state index contributed by atoms with van der Waals surface area (Å²) in [6.07, 6.45) is 10.7. The molecule has 11 N–H and O–H groups in total. The van der Waals surface area contributed by atoms with Crippen molar-refractivity contribution in [3.63, 3.8) is 0 Å². The number of aliphatic hydroxyl groups excluding tert-OH is 2. The van der Waals surface area contributed by atoms with Gasteiger partial charge in [0.05, 0.1) is 24.7 Å². The van der Waals surface area contributed by atoms with Gasteiger partial charge in [-0.1, -0.05) is 36.8 Å². The largest absolute Gasteiger partial charge is 0.478 e. The Balaban J connectivity index is 1.44. The summed E-state index contributed by atoms with van der Waals surface area (Å²) in [6, 6.07) is 13.0. The lowest BCUT2D eigenvalue weighted by atomic mass is 9.69.